The minimum absolute atomic E-state index is 0.211. The molecule has 1 aromatic rings. The molecule has 0 radical (unpaired) electrons. The van der Waals surface area contributed by atoms with Gasteiger partial charge >= 0.3 is 5.97 Å². The number of rotatable bonds is 5. The Morgan fingerprint density at radius 1 is 1.37 bits per heavy atom. The molecule has 1 heterocycles. The van der Waals surface area contributed by atoms with Crippen LogP contribution in [0, 0.1) is 0 Å². The van der Waals surface area contributed by atoms with Gasteiger partial charge in [-0.15, -0.1) is 0 Å². The van der Waals surface area contributed by atoms with Crippen LogP contribution in [-0.2, 0) is 10.2 Å². The second-order valence-corrected chi connectivity index (χ2v) is 5.80. The molecule has 1 fully saturated rings. The SMILES string of the molecule is C[C@]1(c2ccccc2)CCCN(CCCC(=O)O)C1. The van der Waals surface area contributed by atoms with Crippen LogP contribution in [0.2, 0.25) is 0 Å². The average molecular weight is 261 g/mol. The van der Waals surface area contributed by atoms with E-state index in [4.69, 9.17) is 5.11 Å². The summed E-state index contributed by atoms with van der Waals surface area (Å²) in [5, 5.41) is 8.71. The summed E-state index contributed by atoms with van der Waals surface area (Å²) < 4.78 is 0. The van der Waals surface area contributed by atoms with Gasteiger partial charge in [0.25, 0.3) is 0 Å². The second-order valence-electron chi connectivity index (χ2n) is 5.80. The first kappa shape index (κ1) is 14.1. The van der Waals surface area contributed by atoms with Crippen molar-refractivity contribution < 1.29 is 9.90 Å². The molecule has 0 aliphatic carbocycles. The van der Waals surface area contributed by atoms with E-state index in [0.717, 1.165) is 26.1 Å². The third kappa shape index (κ3) is 3.80. The zero-order valence-electron chi connectivity index (χ0n) is 11.6. The Hall–Kier alpha value is -1.35. The number of hydrogen-bond donors (Lipinski definition) is 1. The summed E-state index contributed by atoms with van der Waals surface area (Å²) in [5.41, 5.74) is 1.61. The van der Waals surface area contributed by atoms with Gasteiger partial charge in [0.05, 0.1) is 0 Å². The first-order valence-electron chi connectivity index (χ1n) is 7.10. The molecule has 0 saturated carbocycles. The van der Waals surface area contributed by atoms with Gasteiger partial charge in [0.1, 0.15) is 0 Å². The predicted molar refractivity (Wildman–Crippen MR) is 76.3 cm³/mol. The number of aliphatic carboxylic acids is 1. The van der Waals surface area contributed by atoms with E-state index in [0.29, 0.717) is 0 Å². The lowest BCUT2D eigenvalue weighted by Gasteiger charge is -2.41. The maximum absolute atomic E-state index is 10.6. The van der Waals surface area contributed by atoms with Gasteiger partial charge in [0.2, 0.25) is 0 Å². The normalized spacial score (nSPS) is 24.3. The van der Waals surface area contributed by atoms with Gasteiger partial charge in [0, 0.05) is 18.4 Å². The molecule has 1 aliphatic heterocycles. The fourth-order valence-corrected chi connectivity index (χ4v) is 3.07. The van der Waals surface area contributed by atoms with Gasteiger partial charge in [-0.2, -0.15) is 0 Å². The van der Waals surface area contributed by atoms with Crippen molar-refractivity contribution in [3.05, 3.63) is 35.9 Å². The van der Waals surface area contributed by atoms with Crippen molar-refractivity contribution in [3.63, 3.8) is 0 Å². The topological polar surface area (TPSA) is 40.5 Å². The Labute approximate surface area is 115 Å². The lowest BCUT2D eigenvalue weighted by molar-refractivity contribution is -0.137. The molecular formula is C16H23NO2. The lowest BCUT2D eigenvalue weighted by atomic mass is 9.76. The van der Waals surface area contributed by atoms with Crippen molar-refractivity contribution in [1.29, 1.82) is 0 Å². The van der Waals surface area contributed by atoms with Gasteiger partial charge in [-0.1, -0.05) is 37.3 Å². The van der Waals surface area contributed by atoms with Crippen LogP contribution < -0.4 is 0 Å². The number of likely N-dealkylation sites (tertiary alicyclic amines) is 1. The van der Waals surface area contributed by atoms with Crippen LogP contribution in [0.5, 0.6) is 0 Å². The van der Waals surface area contributed by atoms with E-state index < -0.39 is 5.97 Å². The highest BCUT2D eigenvalue weighted by atomic mass is 16.4. The maximum atomic E-state index is 10.6. The molecule has 1 aromatic carbocycles. The second kappa shape index (κ2) is 6.20. The number of piperidine rings is 1. The Kier molecular flexibility index (Phi) is 4.59. The maximum Gasteiger partial charge on any atom is 0.303 e. The minimum atomic E-state index is -0.692. The van der Waals surface area contributed by atoms with Gasteiger partial charge in [-0.25, -0.2) is 0 Å². The molecule has 0 aromatic heterocycles. The molecule has 1 N–H and O–H groups in total. The zero-order valence-corrected chi connectivity index (χ0v) is 11.6. The van der Waals surface area contributed by atoms with E-state index in [-0.39, 0.29) is 11.8 Å². The molecule has 1 saturated heterocycles. The van der Waals surface area contributed by atoms with Crippen LogP contribution in [0.4, 0.5) is 0 Å². The Morgan fingerprint density at radius 2 is 2.11 bits per heavy atom. The van der Waals surface area contributed by atoms with Crippen LogP contribution in [0.15, 0.2) is 30.3 Å². The summed E-state index contributed by atoms with van der Waals surface area (Å²) in [7, 11) is 0. The van der Waals surface area contributed by atoms with Crippen molar-refractivity contribution in [1.82, 2.24) is 4.90 Å². The van der Waals surface area contributed by atoms with Crippen molar-refractivity contribution >= 4 is 5.97 Å². The molecule has 3 nitrogen and oxygen atoms in total. The van der Waals surface area contributed by atoms with Gasteiger partial charge in [-0.05, 0) is 37.9 Å². The Balaban J connectivity index is 1.94. The quantitative estimate of drug-likeness (QED) is 0.886. The van der Waals surface area contributed by atoms with E-state index in [9.17, 15) is 4.79 Å². The van der Waals surface area contributed by atoms with Crippen molar-refractivity contribution in [3.8, 4) is 0 Å². The highest BCUT2D eigenvalue weighted by Gasteiger charge is 2.32. The average Bonchev–Trinajstić information content (AvgIpc) is 2.39. The molecule has 3 heteroatoms. The third-order valence-electron chi connectivity index (χ3n) is 4.11. The summed E-state index contributed by atoms with van der Waals surface area (Å²) in [6.07, 6.45) is 3.43. The number of carboxylic acid groups (broad SMARTS) is 1. The van der Waals surface area contributed by atoms with Crippen molar-refractivity contribution in [2.75, 3.05) is 19.6 Å². The van der Waals surface area contributed by atoms with Gasteiger partial charge in [-0.3, -0.25) is 4.79 Å². The zero-order chi connectivity index (χ0) is 13.7. The standard InChI is InChI=1S/C16H23NO2/c1-16(14-7-3-2-4-8-14)10-6-12-17(13-16)11-5-9-15(18)19/h2-4,7-8H,5-6,9-13H2,1H3,(H,18,19)/t16-/m0/s1. The van der Waals surface area contributed by atoms with Gasteiger partial charge in [0.15, 0.2) is 0 Å². The molecule has 1 aliphatic rings. The fraction of sp³-hybridized carbons (Fsp3) is 0.562. The molecule has 0 spiro atoms. The van der Waals surface area contributed by atoms with Crippen LogP contribution in [0.3, 0.4) is 0 Å². The molecular weight excluding hydrogens is 238 g/mol. The lowest BCUT2D eigenvalue weighted by Crippen LogP contribution is -2.44. The van der Waals surface area contributed by atoms with Crippen LogP contribution >= 0.6 is 0 Å². The number of carboxylic acids is 1. The summed E-state index contributed by atoms with van der Waals surface area (Å²) in [6.45, 7) is 5.36. The monoisotopic (exact) mass is 261 g/mol. The molecule has 2 rings (SSSR count). The molecule has 104 valence electrons. The fourth-order valence-electron chi connectivity index (χ4n) is 3.07. The van der Waals surface area contributed by atoms with E-state index in [1.54, 1.807) is 0 Å². The van der Waals surface area contributed by atoms with Crippen LogP contribution in [0.1, 0.15) is 38.2 Å². The molecule has 0 amide bonds. The highest BCUT2D eigenvalue weighted by molar-refractivity contribution is 5.66. The first-order valence-corrected chi connectivity index (χ1v) is 7.10. The minimum Gasteiger partial charge on any atom is -0.481 e. The Morgan fingerprint density at radius 3 is 2.79 bits per heavy atom. The van der Waals surface area contributed by atoms with Crippen LogP contribution in [0.25, 0.3) is 0 Å². The summed E-state index contributed by atoms with van der Waals surface area (Å²) >= 11 is 0. The largest absolute Gasteiger partial charge is 0.481 e. The highest BCUT2D eigenvalue weighted by Crippen LogP contribution is 2.33. The summed E-state index contributed by atoms with van der Waals surface area (Å²) in [5.74, 6) is -0.692. The van der Waals surface area contributed by atoms with Crippen LogP contribution in [-0.4, -0.2) is 35.6 Å². The third-order valence-corrected chi connectivity index (χ3v) is 4.11. The molecule has 0 bridgehead atoms. The number of carbonyl (C=O) groups is 1. The van der Waals surface area contributed by atoms with Crippen molar-refractivity contribution in [2.24, 2.45) is 0 Å². The van der Waals surface area contributed by atoms with Gasteiger partial charge < -0.3 is 10.0 Å². The van der Waals surface area contributed by atoms with E-state index >= 15 is 0 Å². The smallest absolute Gasteiger partial charge is 0.303 e. The Bertz CT molecular complexity index is 418. The summed E-state index contributed by atoms with van der Waals surface area (Å²) in [6, 6.07) is 10.7. The first-order chi connectivity index (χ1) is 9.10. The summed E-state index contributed by atoms with van der Waals surface area (Å²) in [4.78, 5) is 13.0. The molecule has 1 atom stereocenters. The number of hydrogen-bond acceptors (Lipinski definition) is 2. The van der Waals surface area contributed by atoms with Crippen molar-refractivity contribution in [2.45, 2.75) is 38.0 Å². The van der Waals surface area contributed by atoms with E-state index in [2.05, 4.69) is 42.2 Å². The number of benzene rings is 1. The van der Waals surface area contributed by atoms with E-state index in [1.807, 2.05) is 0 Å². The molecule has 0 unspecified atom stereocenters. The number of nitrogens with zero attached hydrogens (tertiary/aromatic N) is 1. The van der Waals surface area contributed by atoms with E-state index in [1.165, 1.54) is 18.4 Å². The predicted octanol–water partition coefficient (Wildman–Crippen LogP) is 2.90. The molecule has 19 heavy (non-hydrogen) atoms.